The van der Waals surface area contributed by atoms with Crippen molar-refractivity contribution in [3.8, 4) is 5.75 Å². The maximum absolute atomic E-state index is 13.0. The highest BCUT2D eigenvalue weighted by molar-refractivity contribution is 7.92. The van der Waals surface area contributed by atoms with Crippen molar-refractivity contribution in [3.05, 3.63) is 54.1 Å². The highest BCUT2D eigenvalue weighted by Gasteiger charge is 2.29. The first-order chi connectivity index (χ1) is 15.2. The maximum Gasteiger partial charge on any atom is 0.253 e. The molecule has 0 heterocycles. The van der Waals surface area contributed by atoms with Gasteiger partial charge in [0.2, 0.25) is 15.9 Å². The Hall–Kier alpha value is -3.11. The molecule has 2 N–H and O–H groups in total. The molecule has 1 atom stereocenters. The van der Waals surface area contributed by atoms with Gasteiger partial charge < -0.3 is 20.1 Å². The van der Waals surface area contributed by atoms with Crippen LogP contribution in [0.2, 0.25) is 0 Å². The normalized spacial score (nSPS) is 12.0. The van der Waals surface area contributed by atoms with Crippen LogP contribution < -0.4 is 19.7 Å². The van der Waals surface area contributed by atoms with Crippen molar-refractivity contribution in [2.45, 2.75) is 19.4 Å². The molecule has 0 saturated carbocycles. The van der Waals surface area contributed by atoms with Crippen molar-refractivity contribution in [1.29, 1.82) is 0 Å². The number of methoxy groups -OCH3 is 2. The third-order valence-corrected chi connectivity index (χ3v) is 5.90. The van der Waals surface area contributed by atoms with E-state index in [1.54, 1.807) is 55.6 Å². The van der Waals surface area contributed by atoms with Gasteiger partial charge in [-0.25, -0.2) is 8.42 Å². The SMILES string of the molecule is COCCCNC(=O)c1ccccc1NC(=O)[C@@H](C)N(c1ccc(OC)cc1)S(C)(=O)=O. The van der Waals surface area contributed by atoms with E-state index in [4.69, 9.17) is 9.47 Å². The Bertz CT molecular complexity index is 1020. The number of amides is 2. The second kappa shape index (κ2) is 11.5. The van der Waals surface area contributed by atoms with Crippen molar-refractivity contribution in [2.24, 2.45) is 0 Å². The summed E-state index contributed by atoms with van der Waals surface area (Å²) in [5, 5.41) is 5.45. The number of hydrogen-bond acceptors (Lipinski definition) is 6. The fourth-order valence-electron chi connectivity index (χ4n) is 3.08. The number of benzene rings is 2. The number of rotatable bonds is 11. The Morgan fingerprint density at radius 1 is 1.06 bits per heavy atom. The molecule has 0 bridgehead atoms. The minimum absolute atomic E-state index is 0.279. The lowest BCUT2D eigenvalue weighted by atomic mass is 10.1. The summed E-state index contributed by atoms with van der Waals surface area (Å²) in [5.41, 5.74) is 0.887. The molecule has 0 aliphatic heterocycles. The Morgan fingerprint density at radius 3 is 2.31 bits per heavy atom. The van der Waals surface area contributed by atoms with Crippen LogP contribution in [0, 0.1) is 0 Å². The zero-order valence-electron chi connectivity index (χ0n) is 18.6. The van der Waals surface area contributed by atoms with Crippen LogP contribution in [0.4, 0.5) is 11.4 Å². The van der Waals surface area contributed by atoms with Gasteiger partial charge in [-0.05, 0) is 49.7 Å². The molecule has 9 nitrogen and oxygen atoms in total. The van der Waals surface area contributed by atoms with Gasteiger partial charge in [0.15, 0.2) is 0 Å². The lowest BCUT2D eigenvalue weighted by molar-refractivity contribution is -0.116. The average Bonchev–Trinajstić information content (AvgIpc) is 2.76. The van der Waals surface area contributed by atoms with E-state index in [0.717, 1.165) is 10.6 Å². The van der Waals surface area contributed by atoms with Crippen LogP contribution in [0.5, 0.6) is 5.75 Å². The van der Waals surface area contributed by atoms with Gasteiger partial charge in [-0.3, -0.25) is 13.9 Å². The quantitative estimate of drug-likeness (QED) is 0.494. The van der Waals surface area contributed by atoms with Crippen molar-refractivity contribution < 1.29 is 27.5 Å². The minimum Gasteiger partial charge on any atom is -0.497 e. The average molecular weight is 464 g/mol. The number of nitrogens with zero attached hydrogens (tertiary/aromatic N) is 1. The summed E-state index contributed by atoms with van der Waals surface area (Å²) in [6.45, 7) is 2.42. The molecule has 10 heteroatoms. The molecule has 0 unspecified atom stereocenters. The van der Waals surface area contributed by atoms with E-state index < -0.39 is 22.0 Å². The number of ether oxygens (including phenoxy) is 2. The van der Waals surface area contributed by atoms with Crippen LogP contribution in [0.3, 0.4) is 0 Å². The van der Waals surface area contributed by atoms with Crippen molar-refractivity contribution >= 4 is 33.2 Å². The number of para-hydroxylation sites is 1. The molecular formula is C22H29N3O6S. The van der Waals surface area contributed by atoms with E-state index >= 15 is 0 Å². The predicted octanol–water partition coefficient (Wildman–Crippen LogP) is 2.25. The standard InChI is InChI=1S/C22H29N3O6S/c1-16(25(32(4,28)29)17-10-12-18(31-3)13-11-17)21(26)24-20-9-6-5-8-19(20)22(27)23-14-7-15-30-2/h5-6,8-13,16H,7,14-15H2,1-4H3,(H,23,27)(H,24,26)/t16-/m1/s1. The third kappa shape index (κ3) is 6.69. The monoisotopic (exact) mass is 463 g/mol. The molecule has 32 heavy (non-hydrogen) atoms. The van der Waals surface area contributed by atoms with Crippen molar-refractivity contribution in [2.75, 3.05) is 43.2 Å². The van der Waals surface area contributed by atoms with E-state index in [2.05, 4.69) is 10.6 Å². The fraction of sp³-hybridized carbons (Fsp3) is 0.364. The van der Waals surface area contributed by atoms with Gasteiger partial charge in [0.1, 0.15) is 11.8 Å². The van der Waals surface area contributed by atoms with Gasteiger partial charge in [0, 0.05) is 20.3 Å². The number of hydrogen-bond donors (Lipinski definition) is 2. The van der Waals surface area contributed by atoms with E-state index in [1.807, 2.05) is 0 Å². The summed E-state index contributed by atoms with van der Waals surface area (Å²) < 4.78 is 36.0. The summed E-state index contributed by atoms with van der Waals surface area (Å²) in [4.78, 5) is 25.5. The van der Waals surface area contributed by atoms with E-state index in [9.17, 15) is 18.0 Å². The lowest BCUT2D eigenvalue weighted by Crippen LogP contribution is -2.45. The van der Waals surface area contributed by atoms with Gasteiger partial charge in [0.25, 0.3) is 5.91 Å². The summed E-state index contributed by atoms with van der Waals surface area (Å²) >= 11 is 0. The molecule has 0 radical (unpaired) electrons. The molecule has 0 aliphatic carbocycles. The molecule has 2 amide bonds. The Kier molecular flexibility index (Phi) is 9.03. The summed E-state index contributed by atoms with van der Waals surface area (Å²) in [7, 11) is -0.690. The predicted molar refractivity (Wildman–Crippen MR) is 124 cm³/mol. The summed E-state index contributed by atoms with van der Waals surface area (Å²) in [5.74, 6) is -0.365. The van der Waals surface area contributed by atoms with Gasteiger partial charge in [-0.15, -0.1) is 0 Å². The van der Waals surface area contributed by atoms with Crippen LogP contribution >= 0.6 is 0 Å². The largest absolute Gasteiger partial charge is 0.497 e. The zero-order chi connectivity index (χ0) is 23.7. The van der Waals surface area contributed by atoms with Crippen LogP contribution in [0.25, 0.3) is 0 Å². The maximum atomic E-state index is 13.0. The number of sulfonamides is 1. The number of carbonyl (C=O) groups excluding carboxylic acids is 2. The van der Waals surface area contributed by atoms with E-state index in [0.29, 0.717) is 31.0 Å². The van der Waals surface area contributed by atoms with Crippen LogP contribution in [0.1, 0.15) is 23.7 Å². The van der Waals surface area contributed by atoms with E-state index in [1.165, 1.54) is 14.0 Å². The molecule has 174 valence electrons. The first-order valence-corrected chi connectivity index (χ1v) is 11.8. The second-order valence-electron chi connectivity index (χ2n) is 7.07. The second-order valence-corrected chi connectivity index (χ2v) is 8.93. The molecule has 0 aliphatic rings. The summed E-state index contributed by atoms with van der Waals surface area (Å²) in [6, 6.07) is 11.8. The minimum atomic E-state index is -3.78. The zero-order valence-corrected chi connectivity index (χ0v) is 19.4. The molecule has 0 aromatic heterocycles. The highest BCUT2D eigenvalue weighted by Crippen LogP contribution is 2.25. The molecule has 0 fully saturated rings. The van der Waals surface area contributed by atoms with Crippen LogP contribution in [-0.2, 0) is 19.6 Å². The Labute approximate surface area is 188 Å². The first-order valence-electron chi connectivity index (χ1n) is 9.99. The third-order valence-electron chi connectivity index (χ3n) is 4.66. The van der Waals surface area contributed by atoms with Crippen LogP contribution in [0.15, 0.2) is 48.5 Å². The van der Waals surface area contributed by atoms with Crippen molar-refractivity contribution in [1.82, 2.24) is 5.32 Å². The topological polar surface area (TPSA) is 114 Å². The molecule has 2 aromatic rings. The fourth-order valence-corrected chi connectivity index (χ4v) is 4.25. The number of nitrogens with one attached hydrogen (secondary N) is 2. The highest BCUT2D eigenvalue weighted by atomic mass is 32.2. The number of carbonyl (C=O) groups is 2. The van der Waals surface area contributed by atoms with Gasteiger partial charge in [-0.2, -0.15) is 0 Å². The molecular weight excluding hydrogens is 434 g/mol. The molecule has 2 rings (SSSR count). The Balaban J connectivity index is 2.22. The first kappa shape index (κ1) is 25.2. The smallest absolute Gasteiger partial charge is 0.253 e. The van der Waals surface area contributed by atoms with Gasteiger partial charge in [0.05, 0.1) is 30.3 Å². The van der Waals surface area contributed by atoms with Gasteiger partial charge in [-0.1, -0.05) is 12.1 Å². The number of anilines is 2. The Morgan fingerprint density at radius 2 is 1.72 bits per heavy atom. The van der Waals surface area contributed by atoms with E-state index in [-0.39, 0.29) is 17.2 Å². The van der Waals surface area contributed by atoms with Crippen LogP contribution in [-0.4, -0.2) is 59.9 Å². The summed E-state index contributed by atoms with van der Waals surface area (Å²) in [6.07, 6.45) is 1.68. The lowest BCUT2D eigenvalue weighted by Gasteiger charge is -2.28. The molecule has 0 saturated heterocycles. The molecule has 0 spiro atoms. The van der Waals surface area contributed by atoms with Gasteiger partial charge >= 0.3 is 0 Å². The molecule has 2 aromatic carbocycles. The van der Waals surface area contributed by atoms with Crippen molar-refractivity contribution in [3.63, 3.8) is 0 Å².